The molecule has 0 bridgehead atoms. The minimum absolute atomic E-state index is 0.213. The Balaban J connectivity index is 1.43. The van der Waals surface area contributed by atoms with Crippen molar-refractivity contribution in [2.24, 2.45) is 5.92 Å². The number of nitrogens with one attached hydrogen (secondary N) is 1. The van der Waals surface area contributed by atoms with Gasteiger partial charge in [-0.3, -0.25) is 4.79 Å². The van der Waals surface area contributed by atoms with Gasteiger partial charge in [-0.2, -0.15) is 17.7 Å². The molecule has 1 atom stereocenters. The van der Waals surface area contributed by atoms with Crippen molar-refractivity contribution >= 4 is 23.1 Å². The highest BCUT2D eigenvalue weighted by Crippen LogP contribution is 2.30. The normalized spacial score (nSPS) is 17.7. The molecule has 0 saturated carbocycles. The van der Waals surface area contributed by atoms with Crippen LogP contribution in [0.2, 0.25) is 0 Å². The van der Waals surface area contributed by atoms with E-state index in [4.69, 9.17) is 0 Å². The zero-order chi connectivity index (χ0) is 19.7. The van der Waals surface area contributed by atoms with Gasteiger partial charge in [-0.15, -0.1) is 15.3 Å². The van der Waals surface area contributed by atoms with Crippen molar-refractivity contribution in [3.63, 3.8) is 0 Å². The lowest BCUT2D eigenvalue weighted by atomic mass is 9.97. The molecule has 1 aliphatic rings. The van der Waals surface area contributed by atoms with Crippen LogP contribution in [0.1, 0.15) is 18.4 Å². The first-order valence-electron chi connectivity index (χ1n) is 8.80. The number of hydrogen-bond donors (Lipinski definition) is 1. The topological polar surface area (TPSA) is 75.4 Å². The Labute approximate surface area is 158 Å². The first-order valence-corrected chi connectivity index (χ1v) is 8.80. The van der Waals surface area contributed by atoms with E-state index in [-0.39, 0.29) is 11.8 Å². The molecule has 1 aliphatic heterocycles. The van der Waals surface area contributed by atoms with Crippen molar-refractivity contribution in [1.29, 1.82) is 0 Å². The Morgan fingerprint density at radius 3 is 2.68 bits per heavy atom. The lowest BCUT2D eigenvalue weighted by Crippen LogP contribution is -2.41. The van der Waals surface area contributed by atoms with Crippen LogP contribution < -0.4 is 10.2 Å². The number of carbonyl (C=O) groups is 1. The van der Waals surface area contributed by atoms with Crippen LogP contribution in [-0.2, 0) is 11.0 Å². The molecule has 1 saturated heterocycles. The number of amides is 1. The Kier molecular flexibility index (Phi) is 4.62. The second-order valence-corrected chi connectivity index (χ2v) is 6.67. The Morgan fingerprint density at radius 1 is 1.14 bits per heavy atom. The van der Waals surface area contributed by atoms with E-state index in [9.17, 15) is 18.0 Å². The maximum absolute atomic E-state index is 12.6. The number of nitrogens with zero attached hydrogens (tertiary/aromatic N) is 5. The zero-order valence-corrected chi connectivity index (χ0v) is 14.7. The predicted octanol–water partition coefficient (Wildman–Crippen LogP) is 3.00. The Morgan fingerprint density at radius 2 is 1.93 bits per heavy atom. The molecule has 1 unspecified atom stereocenters. The molecule has 1 N–H and O–H groups in total. The Bertz CT molecular complexity index is 985. The fourth-order valence-electron chi connectivity index (χ4n) is 3.27. The van der Waals surface area contributed by atoms with E-state index in [2.05, 4.69) is 20.6 Å². The molecule has 4 rings (SSSR count). The van der Waals surface area contributed by atoms with Crippen LogP contribution in [0.25, 0.3) is 5.65 Å². The quantitative estimate of drug-likeness (QED) is 0.744. The summed E-state index contributed by atoms with van der Waals surface area (Å²) in [4.78, 5) is 14.6. The molecule has 1 amide bonds. The molecule has 0 spiro atoms. The highest BCUT2D eigenvalue weighted by atomic mass is 19.4. The minimum atomic E-state index is -4.40. The zero-order valence-electron chi connectivity index (χ0n) is 14.7. The summed E-state index contributed by atoms with van der Waals surface area (Å²) < 4.78 is 39.5. The van der Waals surface area contributed by atoms with Crippen LogP contribution in [0.15, 0.2) is 42.7 Å². The molecule has 2 aromatic heterocycles. The number of rotatable bonds is 3. The highest BCUT2D eigenvalue weighted by molar-refractivity contribution is 5.93. The summed E-state index contributed by atoms with van der Waals surface area (Å²) in [5.41, 5.74) is 0.237. The average molecular weight is 390 g/mol. The summed E-state index contributed by atoms with van der Waals surface area (Å²) in [5.74, 6) is 0.226. The molecule has 28 heavy (non-hydrogen) atoms. The largest absolute Gasteiger partial charge is 0.416 e. The van der Waals surface area contributed by atoms with Crippen LogP contribution in [0.5, 0.6) is 0 Å². The number of anilines is 2. The van der Waals surface area contributed by atoms with E-state index < -0.39 is 11.7 Å². The van der Waals surface area contributed by atoms with Crippen molar-refractivity contribution in [2.45, 2.75) is 19.0 Å². The van der Waals surface area contributed by atoms with Crippen LogP contribution in [0, 0.1) is 5.92 Å². The van der Waals surface area contributed by atoms with Crippen molar-refractivity contribution in [2.75, 3.05) is 23.3 Å². The van der Waals surface area contributed by atoms with Crippen molar-refractivity contribution in [3.8, 4) is 0 Å². The minimum Gasteiger partial charge on any atom is -0.354 e. The molecule has 146 valence electrons. The molecular weight excluding hydrogens is 373 g/mol. The van der Waals surface area contributed by atoms with Gasteiger partial charge >= 0.3 is 6.18 Å². The summed E-state index contributed by atoms with van der Waals surface area (Å²) >= 11 is 0. The van der Waals surface area contributed by atoms with Crippen LogP contribution >= 0.6 is 0 Å². The van der Waals surface area contributed by atoms with Crippen LogP contribution in [-0.4, -0.2) is 38.8 Å². The lowest BCUT2D eigenvalue weighted by molar-refractivity contribution is -0.137. The second kappa shape index (κ2) is 7.10. The maximum atomic E-state index is 12.6. The van der Waals surface area contributed by atoms with Gasteiger partial charge in [0.25, 0.3) is 0 Å². The molecule has 10 heteroatoms. The van der Waals surface area contributed by atoms with Gasteiger partial charge in [0.15, 0.2) is 5.65 Å². The van der Waals surface area contributed by atoms with Gasteiger partial charge in [-0.1, -0.05) is 0 Å². The van der Waals surface area contributed by atoms with Crippen molar-refractivity contribution in [1.82, 2.24) is 19.8 Å². The highest BCUT2D eigenvalue weighted by Gasteiger charge is 2.30. The van der Waals surface area contributed by atoms with Crippen molar-refractivity contribution in [3.05, 3.63) is 48.3 Å². The number of alkyl halides is 3. The van der Waals surface area contributed by atoms with Gasteiger partial charge in [0.05, 0.1) is 11.5 Å². The number of halogens is 3. The second-order valence-electron chi connectivity index (χ2n) is 6.67. The number of benzene rings is 1. The van der Waals surface area contributed by atoms with Gasteiger partial charge in [0.2, 0.25) is 5.91 Å². The number of hydrogen-bond acceptors (Lipinski definition) is 5. The molecule has 1 aromatic carbocycles. The smallest absolute Gasteiger partial charge is 0.354 e. The molecular formula is C18H17F3N6O. The summed E-state index contributed by atoms with van der Waals surface area (Å²) in [6.07, 6.45) is -1.37. The van der Waals surface area contributed by atoms with Gasteiger partial charge < -0.3 is 10.2 Å². The Hall–Kier alpha value is -3.17. The molecule has 7 nitrogen and oxygen atoms in total. The number of carbonyl (C=O) groups excluding carboxylic acids is 1. The predicted molar refractivity (Wildman–Crippen MR) is 95.8 cm³/mol. The van der Waals surface area contributed by atoms with Crippen LogP contribution in [0.3, 0.4) is 0 Å². The summed E-state index contributed by atoms with van der Waals surface area (Å²) in [5, 5.41) is 14.9. The van der Waals surface area contributed by atoms with E-state index in [1.807, 2.05) is 11.0 Å². The van der Waals surface area contributed by atoms with Crippen molar-refractivity contribution < 1.29 is 18.0 Å². The van der Waals surface area contributed by atoms with Gasteiger partial charge in [0, 0.05) is 18.8 Å². The van der Waals surface area contributed by atoms with Gasteiger partial charge in [0.1, 0.15) is 12.1 Å². The molecule has 1 fully saturated rings. The molecule has 0 aliphatic carbocycles. The molecule has 0 radical (unpaired) electrons. The monoisotopic (exact) mass is 390 g/mol. The van der Waals surface area contributed by atoms with E-state index >= 15 is 0 Å². The van der Waals surface area contributed by atoms with E-state index in [1.165, 1.54) is 18.5 Å². The van der Waals surface area contributed by atoms with E-state index in [0.717, 1.165) is 30.9 Å². The lowest BCUT2D eigenvalue weighted by Gasteiger charge is -2.32. The first kappa shape index (κ1) is 18.2. The SMILES string of the molecule is O=C(Nc1ccc(C(F)(F)F)cc1)C1CCCN(c2ccc3nncn3n2)C1. The first-order chi connectivity index (χ1) is 13.4. The molecule has 3 heterocycles. The standard InChI is InChI=1S/C18H17F3N6O/c19-18(20,21)13-3-5-14(6-4-13)23-17(28)12-2-1-9-26(10-12)16-8-7-15-24-22-11-27(15)25-16/h3-8,11-12H,1-2,9-10H2,(H,23,28). The average Bonchev–Trinajstić information content (AvgIpc) is 3.15. The third-order valence-corrected chi connectivity index (χ3v) is 4.74. The number of aromatic nitrogens is 4. The summed E-state index contributed by atoms with van der Waals surface area (Å²) in [6, 6.07) is 8.09. The third-order valence-electron chi connectivity index (χ3n) is 4.74. The number of fused-ring (bicyclic) bond motifs is 1. The summed E-state index contributed by atoms with van der Waals surface area (Å²) in [7, 11) is 0. The molecule has 3 aromatic rings. The summed E-state index contributed by atoms with van der Waals surface area (Å²) in [6.45, 7) is 1.25. The van der Waals surface area contributed by atoms with E-state index in [1.54, 1.807) is 10.6 Å². The van der Waals surface area contributed by atoms with Gasteiger partial charge in [-0.25, -0.2) is 0 Å². The number of piperidine rings is 1. The maximum Gasteiger partial charge on any atom is 0.416 e. The van der Waals surface area contributed by atoms with E-state index in [0.29, 0.717) is 24.3 Å². The third kappa shape index (κ3) is 3.75. The fraction of sp³-hybridized carbons (Fsp3) is 0.333. The van der Waals surface area contributed by atoms with Crippen LogP contribution in [0.4, 0.5) is 24.7 Å². The van der Waals surface area contributed by atoms with Gasteiger partial charge in [-0.05, 0) is 49.2 Å². The fourth-order valence-corrected chi connectivity index (χ4v) is 3.27.